The van der Waals surface area contributed by atoms with Crippen LogP contribution in [-0.4, -0.2) is 24.3 Å². The summed E-state index contributed by atoms with van der Waals surface area (Å²) >= 11 is 0. The Kier molecular flexibility index (Phi) is 4.01. The normalized spacial score (nSPS) is 10.5. The lowest BCUT2D eigenvalue weighted by atomic mass is 9.78. The van der Waals surface area contributed by atoms with Crippen LogP contribution in [0.2, 0.25) is 0 Å². The predicted molar refractivity (Wildman–Crippen MR) is 68.1 cm³/mol. The van der Waals surface area contributed by atoms with Gasteiger partial charge in [-0.1, -0.05) is 0 Å². The minimum Gasteiger partial charge on any atom is -0.497 e. The van der Waals surface area contributed by atoms with E-state index in [2.05, 4.69) is 0 Å². The summed E-state index contributed by atoms with van der Waals surface area (Å²) in [5.74, 6) is -2.53. The van der Waals surface area contributed by atoms with Crippen LogP contribution in [0.4, 0.5) is 13.2 Å². The smallest absolute Gasteiger partial charge is 0.492 e. The lowest BCUT2D eigenvalue weighted by Gasteiger charge is -2.12. The molecule has 0 saturated carbocycles. The van der Waals surface area contributed by atoms with Crippen LogP contribution in [0.3, 0.4) is 0 Å². The van der Waals surface area contributed by atoms with Crippen LogP contribution in [0.5, 0.6) is 5.75 Å². The molecule has 20 heavy (non-hydrogen) atoms. The van der Waals surface area contributed by atoms with E-state index in [1.54, 1.807) is 0 Å². The molecule has 2 N–H and O–H groups in total. The topological polar surface area (TPSA) is 49.7 Å². The van der Waals surface area contributed by atoms with Crippen LogP contribution in [0, 0.1) is 17.5 Å². The summed E-state index contributed by atoms with van der Waals surface area (Å²) in [6, 6.07) is 4.61. The minimum atomic E-state index is -1.92. The molecule has 0 aromatic heterocycles. The largest absolute Gasteiger partial charge is 0.497 e. The summed E-state index contributed by atoms with van der Waals surface area (Å²) in [5.41, 5.74) is -0.299. The molecule has 0 unspecified atom stereocenters. The average molecular weight is 282 g/mol. The number of methoxy groups -OCH3 is 1. The molecule has 0 heterocycles. The highest BCUT2D eigenvalue weighted by Crippen LogP contribution is 2.27. The van der Waals surface area contributed by atoms with Gasteiger partial charge in [0.2, 0.25) is 0 Å². The molecule has 2 rings (SSSR count). The molecule has 2 aromatic carbocycles. The van der Waals surface area contributed by atoms with Gasteiger partial charge >= 0.3 is 7.12 Å². The van der Waals surface area contributed by atoms with Crippen molar-refractivity contribution in [3.05, 3.63) is 47.8 Å². The molecule has 0 aliphatic rings. The van der Waals surface area contributed by atoms with Crippen LogP contribution >= 0.6 is 0 Å². The average Bonchev–Trinajstić information content (AvgIpc) is 2.37. The first kappa shape index (κ1) is 14.4. The standard InChI is InChI=1S/C13H10BF3O3/c1-20-13-5-10(12(17)6-11(13)14(18)19)7-2-8(15)4-9(16)3-7/h2-6,18-19H,1H3. The molecule has 7 heteroatoms. The molecule has 3 nitrogen and oxygen atoms in total. The van der Waals surface area contributed by atoms with Crippen LogP contribution < -0.4 is 10.2 Å². The lowest BCUT2D eigenvalue weighted by Crippen LogP contribution is -2.31. The summed E-state index contributed by atoms with van der Waals surface area (Å²) in [7, 11) is -0.660. The van der Waals surface area contributed by atoms with E-state index in [9.17, 15) is 13.2 Å². The third-order valence-electron chi connectivity index (χ3n) is 2.77. The Bertz CT molecular complexity index is 627. The minimum absolute atomic E-state index is 0.000990. The zero-order valence-electron chi connectivity index (χ0n) is 10.4. The van der Waals surface area contributed by atoms with Crippen molar-refractivity contribution in [2.24, 2.45) is 0 Å². The molecule has 0 atom stereocenters. The molecule has 104 valence electrons. The van der Waals surface area contributed by atoms with Crippen LogP contribution in [0.15, 0.2) is 30.3 Å². The molecular weight excluding hydrogens is 272 g/mol. The van der Waals surface area contributed by atoms with Gasteiger partial charge in [0.25, 0.3) is 0 Å². The predicted octanol–water partition coefficient (Wildman–Crippen LogP) is 1.46. The van der Waals surface area contributed by atoms with Gasteiger partial charge in [-0.15, -0.1) is 0 Å². The summed E-state index contributed by atoms with van der Waals surface area (Å²) in [5, 5.41) is 18.2. The summed E-state index contributed by atoms with van der Waals surface area (Å²) < 4.78 is 45.2. The molecule has 0 saturated heterocycles. The summed E-state index contributed by atoms with van der Waals surface area (Å²) in [4.78, 5) is 0. The van der Waals surface area contributed by atoms with E-state index in [0.29, 0.717) is 6.07 Å². The first-order valence-corrected chi connectivity index (χ1v) is 5.62. The van der Waals surface area contributed by atoms with E-state index >= 15 is 0 Å². The number of hydrogen-bond donors (Lipinski definition) is 2. The number of rotatable bonds is 3. The fourth-order valence-electron chi connectivity index (χ4n) is 1.88. The summed E-state index contributed by atoms with van der Waals surface area (Å²) in [6.07, 6.45) is 0. The van der Waals surface area contributed by atoms with Crippen molar-refractivity contribution in [1.29, 1.82) is 0 Å². The molecular formula is C13H10BF3O3. The Balaban J connectivity index is 2.62. The van der Waals surface area contributed by atoms with Gasteiger partial charge in [0.1, 0.15) is 23.2 Å². The van der Waals surface area contributed by atoms with E-state index in [4.69, 9.17) is 14.8 Å². The van der Waals surface area contributed by atoms with Crippen molar-refractivity contribution < 1.29 is 28.0 Å². The maximum Gasteiger partial charge on any atom is 0.492 e. The Morgan fingerprint density at radius 2 is 1.55 bits per heavy atom. The molecule has 0 spiro atoms. The van der Waals surface area contributed by atoms with Gasteiger partial charge in [-0.3, -0.25) is 0 Å². The number of hydrogen-bond acceptors (Lipinski definition) is 3. The Labute approximate surface area is 113 Å². The quantitative estimate of drug-likeness (QED) is 0.838. The molecule has 0 bridgehead atoms. The highest BCUT2D eigenvalue weighted by molar-refractivity contribution is 6.59. The van der Waals surface area contributed by atoms with E-state index in [-0.39, 0.29) is 22.3 Å². The van der Waals surface area contributed by atoms with Gasteiger partial charge in [-0.2, -0.15) is 0 Å². The molecule has 0 amide bonds. The van der Waals surface area contributed by atoms with Gasteiger partial charge in [0, 0.05) is 17.1 Å². The third kappa shape index (κ3) is 2.78. The molecule has 0 aliphatic heterocycles. The van der Waals surface area contributed by atoms with Crippen molar-refractivity contribution in [3.8, 4) is 16.9 Å². The van der Waals surface area contributed by atoms with Gasteiger partial charge in [0.05, 0.1) is 7.11 Å². The number of benzene rings is 2. The van der Waals surface area contributed by atoms with Crippen LogP contribution in [-0.2, 0) is 0 Å². The van der Waals surface area contributed by atoms with Crippen molar-refractivity contribution in [3.63, 3.8) is 0 Å². The van der Waals surface area contributed by atoms with E-state index in [1.807, 2.05) is 0 Å². The van der Waals surface area contributed by atoms with Crippen LogP contribution in [0.25, 0.3) is 11.1 Å². The fraction of sp³-hybridized carbons (Fsp3) is 0.0769. The van der Waals surface area contributed by atoms with Gasteiger partial charge in [-0.05, 0) is 29.8 Å². The first-order chi connectivity index (χ1) is 9.42. The zero-order chi connectivity index (χ0) is 14.9. The number of halogens is 3. The van der Waals surface area contributed by atoms with Crippen molar-refractivity contribution in [2.75, 3.05) is 7.11 Å². The fourth-order valence-corrected chi connectivity index (χ4v) is 1.88. The first-order valence-electron chi connectivity index (χ1n) is 5.62. The highest BCUT2D eigenvalue weighted by Gasteiger charge is 2.21. The Morgan fingerprint density at radius 3 is 2.05 bits per heavy atom. The Morgan fingerprint density at radius 1 is 0.950 bits per heavy atom. The highest BCUT2D eigenvalue weighted by atomic mass is 19.1. The maximum absolute atomic E-state index is 14.0. The van der Waals surface area contributed by atoms with Gasteiger partial charge < -0.3 is 14.8 Å². The third-order valence-corrected chi connectivity index (χ3v) is 2.77. The second kappa shape index (κ2) is 5.56. The molecule has 0 fully saturated rings. The molecule has 2 aromatic rings. The van der Waals surface area contributed by atoms with Crippen molar-refractivity contribution >= 4 is 12.6 Å². The lowest BCUT2D eigenvalue weighted by molar-refractivity contribution is 0.402. The summed E-state index contributed by atoms with van der Waals surface area (Å²) in [6.45, 7) is 0. The molecule has 0 radical (unpaired) electrons. The number of ether oxygens (including phenoxy) is 1. The second-order valence-electron chi connectivity index (χ2n) is 4.11. The van der Waals surface area contributed by atoms with E-state index in [0.717, 1.165) is 24.3 Å². The molecule has 0 aliphatic carbocycles. The van der Waals surface area contributed by atoms with Crippen molar-refractivity contribution in [1.82, 2.24) is 0 Å². The van der Waals surface area contributed by atoms with Gasteiger partial charge in [0.15, 0.2) is 0 Å². The van der Waals surface area contributed by atoms with E-state index in [1.165, 1.54) is 7.11 Å². The van der Waals surface area contributed by atoms with E-state index < -0.39 is 24.6 Å². The monoisotopic (exact) mass is 282 g/mol. The van der Waals surface area contributed by atoms with Gasteiger partial charge in [-0.25, -0.2) is 13.2 Å². The zero-order valence-corrected chi connectivity index (χ0v) is 10.4. The second-order valence-corrected chi connectivity index (χ2v) is 4.11. The van der Waals surface area contributed by atoms with Crippen molar-refractivity contribution in [2.45, 2.75) is 0 Å². The Hall–Kier alpha value is -1.99. The maximum atomic E-state index is 14.0. The van der Waals surface area contributed by atoms with Crippen LogP contribution in [0.1, 0.15) is 0 Å². The SMILES string of the molecule is COc1cc(-c2cc(F)cc(F)c2)c(F)cc1B(O)O.